The van der Waals surface area contributed by atoms with E-state index < -0.39 is 0 Å². The molecule has 26 heavy (non-hydrogen) atoms. The zero-order valence-electron chi connectivity index (χ0n) is 14.7. The summed E-state index contributed by atoms with van der Waals surface area (Å²) in [5, 5.41) is 2.87. The fraction of sp³-hybridized carbons (Fsp3) is 0.350. The maximum atomic E-state index is 12.0. The first-order chi connectivity index (χ1) is 12.7. The molecule has 1 fully saturated rings. The number of benzene rings is 1. The molecule has 0 spiro atoms. The van der Waals surface area contributed by atoms with E-state index in [0.717, 1.165) is 24.5 Å². The lowest BCUT2D eigenvalue weighted by molar-refractivity contribution is -0.121. The largest absolute Gasteiger partial charge is 0.378 e. The Morgan fingerprint density at radius 3 is 2.62 bits per heavy atom. The summed E-state index contributed by atoms with van der Waals surface area (Å²) in [7, 11) is 0. The van der Waals surface area contributed by atoms with E-state index in [1.807, 2.05) is 30.3 Å². The van der Waals surface area contributed by atoms with Crippen molar-refractivity contribution in [3.05, 3.63) is 59.8 Å². The molecule has 1 aromatic carbocycles. The van der Waals surface area contributed by atoms with Crippen molar-refractivity contribution >= 4 is 17.5 Å². The Balaban J connectivity index is 1.46. The highest BCUT2D eigenvalue weighted by molar-refractivity contribution is 5.97. The van der Waals surface area contributed by atoms with E-state index in [0.29, 0.717) is 25.3 Å². The van der Waals surface area contributed by atoms with Gasteiger partial charge in [0.25, 0.3) is 0 Å². The molecule has 1 N–H and O–H groups in total. The molecule has 136 valence electrons. The number of rotatable bonds is 7. The molecular formula is C20H23N3O3. The summed E-state index contributed by atoms with van der Waals surface area (Å²) in [6.45, 7) is 3.49. The summed E-state index contributed by atoms with van der Waals surface area (Å²) >= 11 is 0. The van der Waals surface area contributed by atoms with Crippen LogP contribution < -0.4 is 10.2 Å². The monoisotopic (exact) mass is 353 g/mol. The Labute approximate surface area is 153 Å². The van der Waals surface area contributed by atoms with E-state index in [-0.39, 0.29) is 24.5 Å². The van der Waals surface area contributed by atoms with Crippen LogP contribution in [0.25, 0.3) is 0 Å². The number of anilines is 1. The van der Waals surface area contributed by atoms with Crippen LogP contribution in [0.1, 0.15) is 28.8 Å². The van der Waals surface area contributed by atoms with Crippen LogP contribution in [0.5, 0.6) is 0 Å². The molecule has 1 aliphatic heterocycles. The fourth-order valence-corrected chi connectivity index (χ4v) is 2.82. The van der Waals surface area contributed by atoms with Gasteiger partial charge in [0.05, 0.1) is 13.2 Å². The van der Waals surface area contributed by atoms with Gasteiger partial charge in [-0.3, -0.25) is 9.59 Å². The maximum Gasteiger partial charge on any atom is 0.220 e. The number of ether oxygens (including phenoxy) is 1. The van der Waals surface area contributed by atoms with E-state index >= 15 is 0 Å². The number of carbonyl (C=O) groups is 2. The first-order valence-electron chi connectivity index (χ1n) is 8.85. The lowest BCUT2D eigenvalue weighted by Crippen LogP contribution is -2.36. The normalized spacial score (nSPS) is 14.1. The number of hydrogen-bond donors (Lipinski definition) is 1. The average molecular weight is 353 g/mol. The number of aromatic nitrogens is 1. The van der Waals surface area contributed by atoms with E-state index in [1.165, 1.54) is 0 Å². The van der Waals surface area contributed by atoms with Gasteiger partial charge in [-0.15, -0.1) is 0 Å². The molecule has 6 heteroatoms. The molecule has 0 atom stereocenters. The summed E-state index contributed by atoms with van der Waals surface area (Å²) in [4.78, 5) is 30.6. The molecular weight excluding hydrogens is 330 g/mol. The Morgan fingerprint density at radius 2 is 1.85 bits per heavy atom. The summed E-state index contributed by atoms with van der Waals surface area (Å²) in [5.74, 6) is 0.762. The number of Topliss-reactive ketones (excluding diaryl/α,β-unsaturated/α-hetero) is 1. The van der Waals surface area contributed by atoms with Gasteiger partial charge in [0.2, 0.25) is 5.91 Å². The van der Waals surface area contributed by atoms with Crippen LogP contribution in [0, 0.1) is 0 Å². The van der Waals surface area contributed by atoms with Crippen molar-refractivity contribution in [2.24, 2.45) is 0 Å². The molecule has 1 amide bonds. The van der Waals surface area contributed by atoms with Gasteiger partial charge in [0.1, 0.15) is 5.82 Å². The van der Waals surface area contributed by atoms with Gasteiger partial charge in [-0.1, -0.05) is 30.3 Å². The molecule has 0 unspecified atom stereocenters. The molecule has 6 nitrogen and oxygen atoms in total. The zero-order valence-corrected chi connectivity index (χ0v) is 14.7. The van der Waals surface area contributed by atoms with Crippen LogP contribution >= 0.6 is 0 Å². The number of ketones is 1. The van der Waals surface area contributed by atoms with Crippen LogP contribution in [0.3, 0.4) is 0 Å². The van der Waals surface area contributed by atoms with Gasteiger partial charge >= 0.3 is 0 Å². The van der Waals surface area contributed by atoms with Crippen molar-refractivity contribution < 1.29 is 14.3 Å². The average Bonchev–Trinajstić information content (AvgIpc) is 2.72. The van der Waals surface area contributed by atoms with Crippen molar-refractivity contribution in [2.45, 2.75) is 19.4 Å². The van der Waals surface area contributed by atoms with Gasteiger partial charge in [-0.2, -0.15) is 0 Å². The molecule has 0 saturated carbocycles. The first kappa shape index (κ1) is 18.1. The van der Waals surface area contributed by atoms with Crippen molar-refractivity contribution in [1.82, 2.24) is 10.3 Å². The van der Waals surface area contributed by atoms with E-state index in [1.54, 1.807) is 18.3 Å². The SMILES string of the molecule is O=C(CCC(=O)c1ccccc1)NCc1ccnc(N2CCOCC2)c1. The third-order valence-corrected chi connectivity index (χ3v) is 4.31. The molecule has 0 radical (unpaired) electrons. The molecule has 1 saturated heterocycles. The predicted molar refractivity (Wildman–Crippen MR) is 99.1 cm³/mol. The maximum absolute atomic E-state index is 12.0. The second-order valence-electron chi connectivity index (χ2n) is 6.19. The van der Waals surface area contributed by atoms with Crippen molar-refractivity contribution in [3.8, 4) is 0 Å². The number of morpholine rings is 1. The van der Waals surface area contributed by atoms with Crippen LogP contribution in [0.2, 0.25) is 0 Å². The molecule has 0 bridgehead atoms. The second-order valence-corrected chi connectivity index (χ2v) is 6.19. The lowest BCUT2D eigenvalue weighted by Gasteiger charge is -2.28. The van der Waals surface area contributed by atoms with Crippen LogP contribution in [-0.2, 0) is 16.1 Å². The minimum Gasteiger partial charge on any atom is -0.378 e. The highest BCUT2D eigenvalue weighted by Crippen LogP contribution is 2.14. The summed E-state index contributed by atoms with van der Waals surface area (Å²) < 4.78 is 5.35. The van der Waals surface area contributed by atoms with Gasteiger partial charge in [0.15, 0.2) is 5.78 Å². The van der Waals surface area contributed by atoms with Crippen molar-refractivity contribution in [2.75, 3.05) is 31.2 Å². The van der Waals surface area contributed by atoms with E-state index in [9.17, 15) is 9.59 Å². The van der Waals surface area contributed by atoms with E-state index in [4.69, 9.17) is 4.74 Å². The van der Waals surface area contributed by atoms with Gasteiger partial charge in [-0.25, -0.2) is 4.98 Å². The third-order valence-electron chi connectivity index (χ3n) is 4.31. The van der Waals surface area contributed by atoms with Crippen molar-refractivity contribution in [3.63, 3.8) is 0 Å². The Morgan fingerprint density at radius 1 is 1.08 bits per heavy atom. The molecule has 2 aromatic rings. The number of nitrogens with zero attached hydrogens (tertiary/aromatic N) is 2. The number of amides is 1. The Bertz CT molecular complexity index is 743. The highest BCUT2D eigenvalue weighted by atomic mass is 16.5. The summed E-state index contributed by atoms with van der Waals surface area (Å²) in [6, 6.07) is 12.9. The Kier molecular flexibility index (Phi) is 6.33. The quantitative estimate of drug-likeness (QED) is 0.773. The summed E-state index contributed by atoms with van der Waals surface area (Å²) in [5.41, 5.74) is 1.63. The van der Waals surface area contributed by atoms with Gasteiger partial charge in [0, 0.05) is 44.2 Å². The van der Waals surface area contributed by atoms with Crippen molar-refractivity contribution in [1.29, 1.82) is 0 Å². The van der Waals surface area contributed by atoms with Crippen LogP contribution in [0.4, 0.5) is 5.82 Å². The van der Waals surface area contributed by atoms with Gasteiger partial charge in [-0.05, 0) is 17.7 Å². The van der Waals surface area contributed by atoms with Gasteiger partial charge < -0.3 is 15.0 Å². The molecule has 3 rings (SSSR count). The van der Waals surface area contributed by atoms with Crippen LogP contribution in [-0.4, -0.2) is 43.0 Å². The second kappa shape index (κ2) is 9.10. The molecule has 0 aliphatic carbocycles. The number of pyridine rings is 1. The number of nitrogens with one attached hydrogen (secondary N) is 1. The third kappa shape index (κ3) is 5.13. The number of hydrogen-bond acceptors (Lipinski definition) is 5. The minimum absolute atomic E-state index is 0.0146. The predicted octanol–water partition coefficient (Wildman–Crippen LogP) is 2.20. The summed E-state index contributed by atoms with van der Waals surface area (Å²) in [6.07, 6.45) is 2.16. The fourth-order valence-electron chi connectivity index (χ4n) is 2.82. The first-order valence-corrected chi connectivity index (χ1v) is 8.85. The topological polar surface area (TPSA) is 71.5 Å². The molecule has 1 aliphatic rings. The molecule has 1 aromatic heterocycles. The Hall–Kier alpha value is -2.73. The smallest absolute Gasteiger partial charge is 0.220 e. The highest BCUT2D eigenvalue weighted by Gasteiger charge is 2.13. The lowest BCUT2D eigenvalue weighted by atomic mass is 10.1. The zero-order chi connectivity index (χ0) is 18.2. The van der Waals surface area contributed by atoms with Crippen LogP contribution in [0.15, 0.2) is 48.7 Å². The standard InChI is InChI=1S/C20H23N3O3/c24-18(17-4-2-1-3-5-17)6-7-20(25)22-15-16-8-9-21-19(14-16)23-10-12-26-13-11-23/h1-5,8-9,14H,6-7,10-13,15H2,(H,22,25). The number of carbonyl (C=O) groups excluding carboxylic acids is 2. The minimum atomic E-state index is -0.126. The van der Waals surface area contributed by atoms with E-state index in [2.05, 4.69) is 15.2 Å². The molecule has 2 heterocycles.